The number of piperazine rings is 1. The molecule has 1 aromatic rings. The number of benzene rings is 1. The van der Waals surface area contributed by atoms with E-state index in [9.17, 15) is 5.11 Å². The highest BCUT2D eigenvalue weighted by molar-refractivity contribution is 5.35. The van der Waals surface area contributed by atoms with E-state index in [0.717, 1.165) is 31.7 Å². The van der Waals surface area contributed by atoms with Crippen molar-refractivity contribution in [3.63, 3.8) is 0 Å². The number of nitrogens with one attached hydrogen (secondary N) is 1. The Morgan fingerprint density at radius 3 is 2.45 bits per heavy atom. The first kappa shape index (κ1) is 13.9. The van der Waals surface area contributed by atoms with Crippen molar-refractivity contribution < 1.29 is 5.11 Å². The maximum absolute atomic E-state index is 10.3. The van der Waals surface area contributed by atoms with E-state index in [1.807, 2.05) is 12.1 Å². The number of phenols is 1. The van der Waals surface area contributed by atoms with Gasteiger partial charge in [0.2, 0.25) is 0 Å². The van der Waals surface area contributed by atoms with Crippen molar-refractivity contribution in [1.29, 1.82) is 0 Å². The van der Waals surface area contributed by atoms with Crippen LogP contribution in [0.25, 0.3) is 0 Å². The minimum atomic E-state index is 0.401. The van der Waals surface area contributed by atoms with Gasteiger partial charge in [-0.3, -0.25) is 4.90 Å². The average Bonchev–Trinajstić information content (AvgIpc) is 2.52. The summed E-state index contributed by atoms with van der Waals surface area (Å²) >= 11 is 0. The molecule has 1 aliphatic heterocycles. The maximum atomic E-state index is 10.3. The van der Waals surface area contributed by atoms with E-state index in [-0.39, 0.29) is 0 Å². The van der Waals surface area contributed by atoms with Crippen molar-refractivity contribution in [2.45, 2.75) is 38.1 Å². The first-order chi connectivity index (χ1) is 9.86. The molecule has 0 unspecified atom stereocenters. The van der Waals surface area contributed by atoms with E-state index in [0.29, 0.717) is 17.7 Å². The lowest BCUT2D eigenvalue weighted by atomic mass is 9.80. The monoisotopic (exact) mass is 274 g/mol. The lowest BCUT2D eigenvalue weighted by Gasteiger charge is -2.41. The Kier molecular flexibility index (Phi) is 4.58. The molecular weight excluding hydrogens is 248 g/mol. The van der Waals surface area contributed by atoms with E-state index in [1.54, 1.807) is 0 Å². The molecule has 0 aromatic heterocycles. The Hall–Kier alpha value is -1.06. The van der Waals surface area contributed by atoms with Crippen LogP contribution in [0.5, 0.6) is 5.75 Å². The van der Waals surface area contributed by atoms with Crippen LogP contribution in [0, 0.1) is 5.92 Å². The fraction of sp³-hybridized carbons (Fsp3) is 0.647. The minimum absolute atomic E-state index is 0.401. The molecule has 0 spiro atoms. The Labute approximate surface area is 122 Å². The molecule has 2 aliphatic rings. The Balaban J connectivity index is 1.87. The van der Waals surface area contributed by atoms with Crippen LogP contribution in [0.1, 0.15) is 43.7 Å². The lowest BCUT2D eigenvalue weighted by molar-refractivity contribution is 0.101. The summed E-state index contributed by atoms with van der Waals surface area (Å²) in [4.78, 5) is 2.58. The SMILES string of the molecule is Oc1ccccc1[C@@H](C1CCCCC1)N1CCNCC1. The summed E-state index contributed by atoms with van der Waals surface area (Å²) in [6.45, 7) is 4.32. The second-order valence-electron chi connectivity index (χ2n) is 6.19. The minimum Gasteiger partial charge on any atom is -0.508 e. The smallest absolute Gasteiger partial charge is 0.120 e. The Morgan fingerprint density at radius 1 is 1.05 bits per heavy atom. The molecule has 1 saturated carbocycles. The molecule has 20 heavy (non-hydrogen) atoms. The molecule has 2 fully saturated rings. The van der Waals surface area contributed by atoms with Gasteiger partial charge in [0.1, 0.15) is 5.75 Å². The van der Waals surface area contributed by atoms with Crippen LogP contribution in [-0.4, -0.2) is 36.2 Å². The topological polar surface area (TPSA) is 35.5 Å². The first-order valence-electron chi connectivity index (χ1n) is 8.09. The third kappa shape index (κ3) is 2.99. The van der Waals surface area contributed by atoms with Gasteiger partial charge in [-0.15, -0.1) is 0 Å². The van der Waals surface area contributed by atoms with E-state index < -0.39 is 0 Å². The first-order valence-corrected chi connectivity index (χ1v) is 8.09. The molecule has 1 aliphatic carbocycles. The summed E-state index contributed by atoms with van der Waals surface area (Å²) in [6, 6.07) is 8.35. The van der Waals surface area contributed by atoms with Crippen molar-refractivity contribution in [1.82, 2.24) is 10.2 Å². The van der Waals surface area contributed by atoms with Crippen molar-refractivity contribution >= 4 is 0 Å². The third-order valence-corrected chi connectivity index (χ3v) is 4.90. The van der Waals surface area contributed by atoms with E-state index in [2.05, 4.69) is 22.3 Å². The number of hydrogen-bond donors (Lipinski definition) is 2. The van der Waals surface area contributed by atoms with Crippen LogP contribution in [0.3, 0.4) is 0 Å². The van der Waals surface area contributed by atoms with Gasteiger partial charge in [0, 0.05) is 37.8 Å². The molecule has 1 heterocycles. The quantitative estimate of drug-likeness (QED) is 0.889. The molecule has 1 saturated heterocycles. The van der Waals surface area contributed by atoms with E-state index in [1.165, 1.54) is 32.1 Å². The standard InChI is InChI=1S/C17H26N2O/c20-16-9-5-4-8-15(16)17(14-6-2-1-3-7-14)19-12-10-18-11-13-19/h4-5,8-9,14,17-18,20H,1-3,6-7,10-13H2/t17-/m1/s1. The van der Waals surface area contributed by atoms with Crippen LogP contribution < -0.4 is 5.32 Å². The highest BCUT2D eigenvalue weighted by atomic mass is 16.3. The van der Waals surface area contributed by atoms with Gasteiger partial charge >= 0.3 is 0 Å². The van der Waals surface area contributed by atoms with Gasteiger partial charge in [-0.25, -0.2) is 0 Å². The molecular formula is C17H26N2O. The molecule has 1 atom stereocenters. The maximum Gasteiger partial charge on any atom is 0.120 e. The highest BCUT2D eigenvalue weighted by Crippen LogP contribution is 2.41. The lowest BCUT2D eigenvalue weighted by Crippen LogP contribution is -2.47. The van der Waals surface area contributed by atoms with E-state index in [4.69, 9.17) is 0 Å². The van der Waals surface area contributed by atoms with Crippen LogP contribution in [0.15, 0.2) is 24.3 Å². The predicted octanol–water partition coefficient (Wildman–Crippen LogP) is 2.92. The van der Waals surface area contributed by atoms with Gasteiger partial charge < -0.3 is 10.4 Å². The molecule has 0 amide bonds. The molecule has 3 heteroatoms. The Bertz CT molecular complexity index is 405. The Morgan fingerprint density at radius 2 is 1.75 bits per heavy atom. The average molecular weight is 274 g/mol. The summed E-state index contributed by atoms with van der Waals surface area (Å²) < 4.78 is 0. The summed E-state index contributed by atoms with van der Waals surface area (Å²) in [6.07, 6.45) is 6.69. The van der Waals surface area contributed by atoms with Gasteiger partial charge in [0.25, 0.3) is 0 Å². The normalized spacial score (nSPS) is 23.6. The molecule has 3 nitrogen and oxygen atoms in total. The zero-order valence-corrected chi connectivity index (χ0v) is 12.2. The number of hydrogen-bond acceptors (Lipinski definition) is 3. The zero-order chi connectivity index (χ0) is 13.8. The second kappa shape index (κ2) is 6.59. The van der Waals surface area contributed by atoms with E-state index >= 15 is 0 Å². The van der Waals surface area contributed by atoms with Crippen LogP contribution in [0.2, 0.25) is 0 Å². The van der Waals surface area contributed by atoms with Crippen LogP contribution in [-0.2, 0) is 0 Å². The second-order valence-corrected chi connectivity index (χ2v) is 6.19. The number of rotatable bonds is 3. The molecule has 0 radical (unpaired) electrons. The third-order valence-electron chi connectivity index (χ3n) is 4.90. The molecule has 0 bridgehead atoms. The van der Waals surface area contributed by atoms with Gasteiger partial charge in [0.05, 0.1) is 0 Å². The predicted molar refractivity (Wildman–Crippen MR) is 81.9 cm³/mol. The van der Waals surface area contributed by atoms with Crippen LogP contribution in [0.4, 0.5) is 0 Å². The summed E-state index contributed by atoms with van der Waals surface area (Å²) in [5.74, 6) is 1.18. The van der Waals surface area contributed by atoms with Gasteiger partial charge in [-0.05, 0) is 24.8 Å². The summed E-state index contributed by atoms with van der Waals surface area (Å²) in [5.41, 5.74) is 1.14. The molecule has 3 rings (SSSR count). The molecule has 2 N–H and O–H groups in total. The van der Waals surface area contributed by atoms with Gasteiger partial charge in [0.15, 0.2) is 0 Å². The number of phenolic OH excluding ortho intramolecular Hbond substituents is 1. The molecule has 110 valence electrons. The fourth-order valence-corrected chi connectivity index (χ4v) is 3.90. The number of para-hydroxylation sites is 1. The summed E-state index contributed by atoms with van der Waals surface area (Å²) in [5, 5.41) is 13.7. The van der Waals surface area contributed by atoms with Gasteiger partial charge in [-0.1, -0.05) is 37.5 Å². The zero-order valence-electron chi connectivity index (χ0n) is 12.2. The van der Waals surface area contributed by atoms with Crippen molar-refractivity contribution in [2.75, 3.05) is 26.2 Å². The number of nitrogens with zero attached hydrogens (tertiary/aromatic N) is 1. The van der Waals surface area contributed by atoms with Gasteiger partial charge in [-0.2, -0.15) is 0 Å². The van der Waals surface area contributed by atoms with Crippen molar-refractivity contribution in [3.8, 4) is 5.75 Å². The summed E-state index contributed by atoms with van der Waals surface area (Å²) in [7, 11) is 0. The molecule has 1 aromatic carbocycles. The van der Waals surface area contributed by atoms with Crippen molar-refractivity contribution in [2.24, 2.45) is 5.92 Å². The van der Waals surface area contributed by atoms with Crippen LogP contribution >= 0.6 is 0 Å². The fourth-order valence-electron chi connectivity index (χ4n) is 3.90. The highest BCUT2D eigenvalue weighted by Gasteiger charge is 2.32. The number of aromatic hydroxyl groups is 1. The largest absolute Gasteiger partial charge is 0.508 e. The van der Waals surface area contributed by atoms with Crippen molar-refractivity contribution in [3.05, 3.63) is 29.8 Å².